The average Bonchev–Trinajstić information content (AvgIpc) is 2.76. The Balaban J connectivity index is 2.55. The number of nitrogens with two attached hydrogens (primary N) is 1. The third-order valence-corrected chi connectivity index (χ3v) is 3.70. The van der Waals surface area contributed by atoms with Crippen LogP contribution in [0.25, 0.3) is 0 Å². The Labute approximate surface area is 131 Å². The van der Waals surface area contributed by atoms with Gasteiger partial charge in [0.1, 0.15) is 5.69 Å². The number of rotatable bonds is 3. The van der Waals surface area contributed by atoms with Gasteiger partial charge in [-0.25, -0.2) is 0 Å². The summed E-state index contributed by atoms with van der Waals surface area (Å²) in [5.74, 6) is -0.301. The van der Waals surface area contributed by atoms with Crippen molar-refractivity contribution in [3.05, 3.63) is 44.7 Å². The van der Waals surface area contributed by atoms with E-state index in [1.54, 1.807) is 4.68 Å². The molecule has 1 aromatic heterocycles. The predicted octanol–water partition coefficient (Wildman–Crippen LogP) is 4.24. The Morgan fingerprint density at radius 1 is 1.20 bits per heavy atom. The van der Waals surface area contributed by atoms with Crippen molar-refractivity contribution >= 4 is 46.3 Å². The molecular weight excluding hydrogens is 321 g/mol. The van der Waals surface area contributed by atoms with Gasteiger partial charge in [0, 0.05) is 11.6 Å². The van der Waals surface area contributed by atoms with E-state index in [1.807, 2.05) is 13.8 Å². The quantitative estimate of drug-likeness (QED) is 0.675. The van der Waals surface area contributed by atoms with Crippen LogP contribution in [-0.4, -0.2) is 15.6 Å². The first-order valence-corrected chi connectivity index (χ1v) is 6.98. The van der Waals surface area contributed by atoms with E-state index in [0.717, 1.165) is 0 Å². The summed E-state index contributed by atoms with van der Waals surface area (Å²) in [5.41, 5.74) is 6.52. The molecule has 0 unspecified atom stereocenters. The molecule has 0 spiro atoms. The Kier molecular flexibility index (Phi) is 4.28. The number of hydrogen-bond acceptors (Lipinski definition) is 3. The van der Waals surface area contributed by atoms with Crippen molar-refractivity contribution in [3.8, 4) is 0 Å². The highest BCUT2D eigenvalue weighted by atomic mass is 35.5. The van der Waals surface area contributed by atoms with Gasteiger partial charge in [0.05, 0.1) is 27.0 Å². The predicted molar refractivity (Wildman–Crippen MR) is 81.9 cm³/mol. The van der Waals surface area contributed by atoms with Crippen molar-refractivity contribution in [1.82, 2.24) is 9.78 Å². The lowest BCUT2D eigenvalue weighted by atomic mass is 10.1. The maximum Gasteiger partial charge on any atom is 0.212 e. The minimum Gasteiger partial charge on any atom is -0.396 e. The number of carbonyl (C=O) groups is 1. The van der Waals surface area contributed by atoms with Gasteiger partial charge in [-0.05, 0) is 26.0 Å². The van der Waals surface area contributed by atoms with Crippen molar-refractivity contribution in [2.24, 2.45) is 0 Å². The first kappa shape index (κ1) is 15.2. The zero-order valence-electron chi connectivity index (χ0n) is 10.8. The standard InChI is InChI=1S/C13H12Cl3N3O/c1-6(2)19-12(10(16)5-18-19)13(20)7-3-8(14)11(17)9(15)4-7/h3-6H,17H2,1-2H3. The molecule has 0 amide bonds. The van der Waals surface area contributed by atoms with Gasteiger partial charge < -0.3 is 5.73 Å². The molecule has 7 heteroatoms. The number of anilines is 1. The van der Waals surface area contributed by atoms with Crippen LogP contribution in [0.15, 0.2) is 18.3 Å². The summed E-state index contributed by atoms with van der Waals surface area (Å²) >= 11 is 17.9. The van der Waals surface area contributed by atoms with Gasteiger partial charge in [0.2, 0.25) is 5.78 Å². The van der Waals surface area contributed by atoms with Crippen LogP contribution in [0.4, 0.5) is 5.69 Å². The molecule has 2 aromatic rings. The van der Waals surface area contributed by atoms with Crippen molar-refractivity contribution in [2.75, 3.05) is 5.73 Å². The fourth-order valence-corrected chi connectivity index (χ4v) is 2.50. The lowest BCUT2D eigenvalue weighted by molar-refractivity contribution is 0.102. The van der Waals surface area contributed by atoms with Crippen molar-refractivity contribution in [2.45, 2.75) is 19.9 Å². The van der Waals surface area contributed by atoms with Crippen LogP contribution in [0, 0.1) is 0 Å². The molecule has 0 radical (unpaired) electrons. The first-order valence-electron chi connectivity index (χ1n) is 5.85. The fraction of sp³-hybridized carbons (Fsp3) is 0.231. The Bertz CT molecular complexity index is 656. The maximum atomic E-state index is 12.6. The number of ketones is 1. The maximum absolute atomic E-state index is 12.6. The summed E-state index contributed by atoms with van der Waals surface area (Å²) in [5, 5.41) is 4.84. The lowest BCUT2D eigenvalue weighted by Crippen LogP contribution is -2.14. The van der Waals surface area contributed by atoms with E-state index in [0.29, 0.717) is 11.3 Å². The molecule has 20 heavy (non-hydrogen) atoms. The topological polar surface area (TPSA) is 60.9 Å². The number of nitrogen functional groups attached to an aromatic ring is 1. The molecule has 0 fully saturated rings. The molecule has 2 N–H and O–H groups in total. The summed E-state index contributed by atoms with van der Waals surface area (Å²) in [6.45, 7) is 3.81. The number of benzene rings is 1. The van der Waals surface area contributed by atoms with E-state index in [-0.39, 0.29) is 32.6 Å². The Morgan fingerprint density at radius 3 is 2.25 bits per heavy atom. The van der Waals surface area contributed by atoms with E-state index in [4.69, 9.17) is 40.5 Å². The first-order chi connectivity index (χ1) is 9.32. The molecular formula is C13H12Cl3N3O. The van der Waals surface area contributed by atoms with Crippen LogP contribution < -0.4 is 5.73 Å². The number of hydrogen-bond donors (Lipinski definition) is 1. The van der Waals surface area contributed by atoms with E-state index in [1.165, 1.54) is 18.3 Å². The molecule has 0 atom stereocenters. The number of aromatic nitrogens is 2. The second-order valence-electron chi connectivity index (χ2n) is 4.56. The van der Waals surface area contributed by atoms with Crippen LogP contribution in [-0.2, 0) is 0 Å². The smallest absolute Gasteiger partial charge is 0.212 e. The minimum absolute atomic E-state index is 0.00109. The van der Waals surface area contributed by atoms with Gasteiger partial charge in [-0.15, -0.1) is 0 Å². The highest BCUT2D eigenvalue weighted by Gasteiger charge is 2.22. The second-order valence-corrected chi connectivity index (χ2v) is 5.78. The van der Waals surface area contributed by atoms with Gasteiger partial charge in [0.25, 0.3) is 0 Å². The van der Waals surface area contributed by atoms with Crippen molar-refractivity contribution in [3.63, 3.8) is 0 Å². The molecule has 2 rings (SSSR count). The minimum atomic E-state index is -0.301. The monoisotopic (exact) mass is 331 g/mol. The van der Waals surface area contributed by atoms with Crippen LogP contribution in [0.1, 0.15) is 35.9 Å². The molecule has 1 heterocycles. The van der Waals surface area contributed by atoms with E-state index in [2.05, 4.69) is 5.10 Å². The summed E-state index contributed by atoms with van der Waals surface area (Å²) < 4.78 is 1.56. The van der Waals surface area contributed by atoms with E-state index in [9.17, 15) is 4.79 Å². The molecule has 106 valence electrons. The zero-order chi connectivity index (χ0) is 15.0. The Morgan fingerprint density at radius 2 is 1.75 bits per heavy atom. The Hall–Kier alpha value is -1.23. The van der Waals surface area contributed by atoms with Crippen molar-refractivity contribution in [1.29, 1.82) is 0 Å². The third-order valence-electron chi connectivity index (χ3n) is 2.80. The van der Waals surface area contributed by atoms with E-state index < -0.39 is 0 Å². The van der Waals surface area contributed by atoms with Gasteiger partial charge in [-0.2, -0.15) is 5.10 Å². The third kappa shape index (κ3) is 2.64. The lowest BCUT2D eigenvalue weighted by Gasteiger charge is -2.11. The average molecular weight is 333 g/mol. The highest BCUT2D eigenvalue weighted by molar-refractivity contribution is 6.40. The largest absolute Gasteiger partial charge is 0.396 e. The van der Waals surface area contributed by atoms with Gasteiger partial charge in [0.15, 0.2) is 0 Å². The van der Waals surface area contributed by atoms with Crippen LogP contribution in [0.2, 0.25) is 15.1 Å². The normalized spacial score (nSPS) is 11.1. The SMILES string of the molecule is CC(C)n1ncc(Cl)c1C(=O)c1cc(Cl)c(N)c(Cl)c1. The molecule has 0 bridgehead atoms. The molecule has 4 nitrogen and oxygen atoms in total. The number of halogens is 3. The molecule has 0 saturated heterocycles. The molecule has 1 aromatic carbocycles. The number of nitrogens with zero attached hydrogens (tertiary/aromatic N) is 2. The van der Waals surface area contributed by atoms with Crippen LogP contribution >= 0.6 is 34.8 Å². The molecule has 0 aliphatic rings. The van der Waals surface area contributed by atoms with Crippen molar-refractivity contribution < 1.29 is 4.79 Å². The number of carbonyl (C=O) groups excluding carboxylic acids is 1. The second kappa shape index (κ2) is 5.64. The highest BCUT2D eigenvalue weighted by Crippen LogP contribution is 2.31. The van der Waals surface area contributed by atoms with Gasteiger partial charge >= 0.3 is 0 Å². The van der Waals surface area contributed by atoms with Gasteiger partial charge in [-0.3, -0.25) is 9.48 Å². The summed E-state index contributed by atoms with van der Waals surface area (Å²) in [6, 6.07) is 2.94. The summed E-state index contributed by atoms with van der Waals surface area (Å²) in [7, 11) is 0. The fourth-order valence-electron chi connectivity index (χ4n) is 1.80. The van der Waals surface area contributed by atoms with Gasteiger partial charge in [-0.1, -0.05) is 34.8 Å². The van der Waals surface area contributed by atoms with E-state index >= 15 is 0 Å². The summed E-state index contributed by atoms with van der Waals surface area (Å²) in [4.78, 5) is 12.6. The van der Waals surface area contributed by atoms with Crippen LogP contribution in [0.3, 0.4) is 0 Å². The zero-order valence-corrected chi connectivity index (χ0v) is 13.1. The summed E-state index contributed by atoms with van der Waals surface area (Å²) in [6.07, 6.45) is 1.44. The molecule has 0 aliphatic heterocycles. The molecule has 0 saturated carbocycles. The van der Waals surface area contributed by atoms with Crippen LogP contribution in [0.5, 0.6) is 0 Å². The molecule has 0 aliphatic carbocycles.